The number of amides is 2. The Morgan fingerprint density at radius 2 is 2.17 bits per heavy atom. The van der Waals surface area contributed by atoms with E-state index in [1.54, 1.807) is 18.0 Å². The molecule has 7 heteroatoms. The van der Waals surface area contributed by atoms with Crippen molar-refractivity contribution in [3.8, 4) is 0 Å². The third kappa shape index (κ3) is 4.08. The Labute approximate surface area is 142 Å². The summed E-state index contributed by atoms with van der Waals surface area (Å²) in [5.41, 5.74) is 0.00471. The largest absolute Gasteiger partial charge is 0.388 e. The van der Waals surface area contributed by atoms with Crippen LogP contribution in [0.25, 0.3) is 0 Å². The van der Waals surface area contributed by atoms with Crippen LogP contribution in [0.15, 0.2) is 6.20 Å². The third-order valence-corrected chi connectivity index (χ3v) is 4.33. The molecule has 1 atom stereocenters. The second-order valence-corrected chi connectivity index (χ2v) is 6.78. The monoisotopic (exact) mass is 334 g/mol. The predicted octanol–water partition coefficient (Wildman–Crippen LogP) is 1.01. The molecule has 1 fully saturated rings. The molecule has 0 radical (unpaired) electrons. The Morgan fingerprint density at radius 1 is 1.46 bits per heavy atom. The second-order valence-electron chi connectivity index (χ2n) is 6.78. The highest BCUT2D eigenvalue weighted by Crippen LogP contribution is 2.27. The molecule has 1 aromatic heterocycles. The average Bonchev–Trinajstić information content (AvgIpc) is 2.53. The van der Waals surface area contributed by atoms with E-state index in [0.29, 0.717) is 36.5 Å². The minimum Gasteiger partial charge on any atom is -0.388 e. The molecule has 0 aliphatic carbocycles. The Morgan fingerprint density at radius 3 is 2.79 bits per heavy atom. The van der Waals surface area contributed by atoms with E-state index < -0.39 is 5.60 Å². The van der Waals surface area contributed by atoms with Gasteiger partial charge in [-0.3, -0.25) is 9.59 Å². The van der Waals surface area contributed by atoms with Crippen molar-refractivity contribution in [1.82, 2.24) is 20.2 Å². The van der Waals surface area contributed by atoms with Gasteiger partial charge in [-0.15, -0.1) is 0 Å². The van der Waals surface area contributed by atoms with E-state index in [0.717, 1.165) is 0 Å². The average molecular weight is 334 g/mol. The molecule has 7 nitrogen and oxygen atoms in total. The van der Waals surface area contributed by atoms with Gasteiger partial charge in [-0.2, -0.15) is 0 Å². The molecule has 132 valence electrons. The number of nitrogens with zero attached hydrogens (tertiary/aromatic N) is 3. The number of aliphatic hydroxyl groups is 1. The zero-order valence-electron chi connectivity index (χ0n) is 14.8. The normalized spacial score (nSPS) is 21.0. The highest BCUT2D eigenvalue weighted by atomic mass is 16.3. The molecule has 1 aliphatic heterocycles. The van der Waals surface area contributed by atoms with Crippen molar-refractivity contribution in [3.63, 3.8) is 0 Å². The van der Waals surface area contributed by atoms with Crippen LogP contribution < -0.4 is 5.32 Å². The lowest BCUT2D eigenvalue weighted by Crippen LogP contribution is -2.52. The maximum atomic E-state index is 12.9. The summed E-state index contributed by atoms with van der Waals surface area (Å²) in [5.74, 6) is 0.312. The molecule has 2 amide bonds. The van der Waals surface area contributed by atoms with Crippen LogP contribution in [0.3, 0.4) is 0 Å². The lowest BCUT2D eigenvalue weighted by atomic mass is 9.88. The minimum atomic E-state index is -1.18. The van der Waals surface area contributed by atoms with E-state index in [1.807, 2.05) is 13.8 Å². The van der Waals surface area contributed by atoms with E-state index in [4.69, 9.17) is 0 Å². The number of carbonyl (C=O) groups is 2. The molecule has 2 rings (SSSR count). The van der Waals surface area contributed by atoms with E-state index >= 15 is 0 Å². The van der Waals surface area contributed by atoms with E-state index in [-0.39, 0.29) is 30.7 Å². The molecule has 1 aromatic rings. The van der Waals surface area contributed by atoms with Crippen molar-refractivity contribution in [2.75, 3.05) is 20.1 Å². The zero-order chi connectivity index (χ0) is 17.9. The first-order chi connectivity index (χ1) is 11.3. The molecule has 1 aliphatic rings. The van der Waals surface area contributed by atoms with Crippen molar-refractivity contribution in [2.45, 2.75) is 51.6 Å². The number of aryl methyl sites for hydroxylation is 1. The molecule has 1 saturated heterocycles. The van der Waals surface area contributed by atoms with Gasteiger partial charge in [0.25, 0.3) is 5.91 Å². The minimum absolute atomic E-state index is 0.00524. The fourth-order valence-corrected chi connectivity index (χ4v) is 3.08. The van der Waals surface area contributed by atoms with Crippen LogP contribution in [0.2, 0.25) is 0 Å². The zero-order valence-corrected chi connectivity index (χ0v) is 14.8. The lowest BCUT2D eigenvalue weighted by Gasteiger charge is -2.39. The first kappa shape index (κ1) is 18.3. The molecule has 2 heterocycles. The summed E-state index contributed by atoms with van der Waals surface area (Å²) < 4.78 is 0. The van der Waals surface area contributed by atoms with E-state index in [2.05, 4.69) is 15.3 Å². The standard InChI is InChI=1S/C17H26N4O3/c1-11(2)15-13(9-19-12(3)20-15)16(23)21-7-5-6-17(24,10-21)8-14(22)18-4/h9,11,24H,5-8,10H2,1-4H3,(H,18,22). The van der Waals surface area contributed by atoms with E-state index in [9.17, 15) is 14.7 Å². The first-order valence-corrected chi connectivity index (χ1v) is 8.31. The van der Waals surface area contributed by atoms with Gasteiger partial charge in [0.2, 0.25) is 5.91 Å². The lowest BCUT2D eigenvalue weighted by molar-refractivity contribution is -0.127. The number of hydrogen-bond donors (Lipinski definition) is 2. The second kappa shape index (κ2) is 7.25. The molecule has 0 aromatic carbocycles. The van der Waals surface area contributed by atoms with Gasteiger partial charge < -0.3 is 15.3 Å². The first-order valence-electron chi connectivity index (χ1n) is 8.31. The quantitative estimate of drug-likeness (QED) is 0.857. The summed E-state index contributed by atoms with van der Waals surface area (Å²) in [6, 6.07) is 0. The van der Waals surface area contributed by atoms with Crippen molar-refractivity contribution in [2.24, 2.45) is 0 Å². The van der Waals surface area contributed by atoms with Crippen molar-refractivity contribution in [3.05, 3.63) is 23.3 Å². The van der Waals surface area contributed by atoms with Crippen LogP contribution in [0, 0.1) is 6.92 Å². The molecule has 0 spiro atoms. The maximum Gasteiger partial charge on any atom is 0.257 e. The summed E-state index contributed by atoms with van der Waals surface area (Å²) in [6.07, 6.45) is 2.72. The van der Waals surface area contributed by atoms with Gasteiger partial charge in [0.05, 0.1) is 29.8 Å². The number of rotatable bonds is 4. The molecule has 0 bridgehead atoms. The number of aromatic nitrogens is 2. The number of hydrogen-bond acceptors (Lipinski definition) is 5. The Hall–Kier alpha value is -2.02. The van der Waals surface area contributed by atoms with Gasteiger partial charge in [0.15, 0.2) is 0 Å². The fourth-order valence-electron chi connectivity index (χ4n) is 3.08. The highest BCUT2D eigenvalue weighted by molar-refractivity contribution is 5.95. The van der Waals surface area contributed by atoms with Crippen molar-refractivity contribution >= 4 is 11.8 Å². The summed E-state index contributed by atoms with van der Waals surface area (Å²) in [7, 11) is 1.54. The van der Waals surface area contributed by atoms with Crippen molar-refractivity contribution < 1.29 is 14.7 Å². The van der Waals surface area contributed by atoms with Gasteiger partial charge in [-0.1, -0.05) is 13.8 Å². The van der Waals surface area contributed by atoms with Crippen LogP contribution in [0.1, 0.15) is 60.9 Å². The topological polar surface area (TPSA) is 95.4 Å². The Kier molecular flexibility index (Phi) is 5.54. The van der Waals surface area contributed by atoms with Gasteiger partial charge in [-0.05, 0) is 25.7 Å². The molecule has 2 N–H and O–H groups in total. The predicted molar refractivity (Wildman–Crippen MR) is 89.6 cm³/mol. The maximum absolute atomic E-state index is 12.9. The smallest absolute Gasteiger partial charge is 0.257 e. The van der Waals surface area contributed by atoms with Gasteiger partial charge >= 0.3 is 0 Å². The fraction of sp³-hybridized carbons (Fsp3) is 0.647. The van der Waals surface area contributed by atoms with Gasteiger partial charge in [0.1, 0.15) is 5.82 Å². The van der Waals surface area contributed by atoms with Crippen LogP contribution in [-0.2, 0) is 4.79 Å². The SMILES string of the molecule is CNC(=O)CC1(O)CCCN(C(=O)c2cnc(C)nc2C(C)C)C1. The summed E-state index contributed by atoms with van der Waals surface area (Å²) in [5, 5.41) is 13.2. The Bertz CT molecular complexity index is 632. The number of β-amino-alcohol motifs (C(OH)–C–C–N with tert-alkyl or cyclic N) is 1. The van der Waals surface area contributed by atoms with Crippen LogP contribution in [-0.4, -0.2) is 57.5 Å². The molecule has 24 heavy (non-hydrogen) atoms. The molecular weight excluding hydrogens is 308 g/mol. The molecular formula is C17H26N4O3. The highest BCUT2D eigenvalue weighted by Gasteiger charge is 2.37. The summed E-state index contributed by atoms with van der Waals surface area (Å²) in [4.78, 5) is 34.7. The molecule has 1 unspecified atom stereocenters. The Balaban J connectivity index is 2.22. The molecule has 0 saturated carbocycles. The number of carbonyl (C=O) groups excluding carboxylic acids is 2. The summed E-state index contributed by atoms with van der Waals surface area (Å²) >= 11 is 0. The van der Waals surface area contributed by atoms with Gasteiger partial charge in [0, 0.05) is 19.8 Å². The number of likely N-dealkylation sites (tertiary alicyclic amines) is 1. The van der Waals surface area contributed by atoms with Gasteiger partial charge in [-0.25, -0.2) is 9.97 Å². The number of piperidine rings is 1. The van der Waals surface area contributed by atoms with Crippen LogP contribution >= 0.6 is 0 Å². The summed E-state index contributed by atoms with van der Waals surface area (Å²) in [6.45, 7) is 6.46. The number of nitrogens with one attached hydrogen (secondary N) is 1. The third-order valence-electron chi connectivity index (χ3n) is 4.33. The van der Waals surface area contributed by atoms with Crippen LogP contribution in [0.4, 0.5) is 0 Å². The van der Waals surface area contributed by atoms with Crippen molar-refractivity contribution in [1.29, 1.82) is 0 Å². The van der Waals surface area contributed by atoms with E-state index in [1.165, 1.54) is 7.05 Å². The van der Waals surface area contributed by atoms with Crippen LogP contribution in [0.5, 0.6) is 0 Å².